The maximum Gasteiger partial charge on any atom is 0.303 e. The number of hydrogen-bond acceptors (Lipinski definition) is 5. The fraction of sp³-hybridized carbons (Fsp3) is 0.448. The number of aliphatic hydroxyl groups is 1. The number of fused-ring (bicyclic) bond motifs is 1. The van der Waals surface area contributed by atoms with E-state index in [0.29, 0.717) is 6.42 Å². The van der Waals surface area contributed by atoms with Crippen LogP contribution in [0.25, 0.3) is 10.9 Å². The van der Waals surface area contributed by atoms with Crippen molar-refractivity contribution in [3.05, 3.63) is 70.9 Å². The second-order valence-corrected chi connectivity index (χ2v) is 10.3. The zero-order chi connectivity index (χ0) is 25.5. The number of aliphatic carboxylic acids is 1. The number of carbonyl (C=O) groups is 1. The number of methoxy groups -OCH3 is 1. The molecule has 0 radical (unpaired) electrons. The molecular weight excluding hydrogens is 476 g/mol. The van der Waals surface area contributed by atoms with E-state index in [1.54, 1.807) is 13.3 Å². The number of rotatable bonds is 11. The van der Waals surface area contributed by atoms with Crippen LogP contribution in [0.15, 0.2) is 54.7 Å². The Bertz CT molecular complexity index is 1170. The highest BCUT2D eigenvalue weighted by molar-refractivity contribution is 6.30. The molecule has 6 nitrogen and oxygen atoms in total. The van der Waals surface area contributed by atoms with Crippen LogP contribution in [-0.4, -0.2) is 52.8 Å². The van der Waals surface area contributed by atoms with Gasteiger partial charge in [0.25, 0.3) is 0 Å². The monoisotopic (exact) mass is 510 g/mol. The quantitative estimate of drug-likeness (QED) is 0.341. The Kier molecular flexibility index (Phi) is 9.19. The van der Waals surface area contributed by atoms with Gasteiger partial charge in [-0.1, -0.05) is 23.7 Å². The molecule has 1 saturated heterocycles. The third kappa shape index (κ3) is 6.96. The van der Waals surface area contributed by atoms with Crippen molar-refractivity contribution in [3.8, 4) is 5.75 Å². The zero-order valence-corrected chi connectivity index (χ0v) is 21.5. The van der Waals surface area contributed by atoms with Crippen LogP contribution in [0.1, 0.15) is 49.3 Å². The van der Waals surface area contributed by atoms with Gasteiger partial charge < -0.3 is 19.8 Å². The van der Waals surface area contributed by atoms with E-state index in [-0.39, 0.29) is 18.3 Å². The van der Waals surface area contributed by atoms with E-state index in [9.17, 15) is 15.0 Å². The molecule has 2 N–H and O–H groups in total. The summed E-state index contributed by atoms with van der Waals surface area (Å²) in [6, 6.07) is 15.5. The first-order chi connectivity index (χ1) is 17.4. The van der Waals surface area contributed by atoms with Gasteiger partial charge in [0.05, 0.1) is 18.7 Å². The fourth-order valence-electron chi connectivity index (χ4n) is 5.49. The molecule has 1 aliphatic heterocycles. The molecule has 0 amide bonds. The van der Waals surface area contributed by atoms with Crippen LogP contribution in [-0.2, 0) is 11.2 Å². The van der Waals surface area contributed by atoms with Crippen molar-refractivity contribution in [3.63, 3.8) is 0 Å². The Morgan fingerprint density at radius 1 is 1.22 bits per heavy atom. The first kappa shape index (κ1) is 26.4. The highest BCUT2D eigenvalue weighted by Gasteiger charge is 2.31. The summed E-state index contributed by atoms with van der Waals surface area (Å²) in [6.45, 7) is 2.70. The molecule has 36 heavy (non-hydrogen) atoms. The van der Waals surface area contributed by atoms with Crippen LogP contribution < -0.4 is 4.74 Å². The Morgan fingerprint density at radius 3 is 2.86 bits per heavy atom. The van der Waals surface area contributed by atoms with E-state index in [0.717, 1.165) is 72.6 Å². The van der Waals surface area contributed by atoms with Crippen molar-refractivity contribution in [1.29, 1.82) is 0 Å². The van der Waals surface area contributed by atoms with Crippen LogP contribution in [0.2, 0.25) is 5.02 Å². The summed E-state index contributed by atoms with van der Waals surface area (Å²) in [7, 11) is 1.62. The molecule has 7 heteroatoms. The van der Waals surface area contributed by atoms with E-state index in [1.807, 2.05) is 42.5 Å². The van der Waals surface area contributed by atoms with Gasteiger partial charge in [-0.3, -0.25) is 9.78 Å². The van der Waals surface area contributed by atoms with E-state index < -0.39 is 12.1 Å². The van der Waals surface area contributed by atoms with Crippen LogP contribution in [0, 0.1) is 11.8 Å². The molecule has 3 aromatic rings. The van der Waals surface area contributed by atoms with Gasteiger partial charge in [-0.05, 0) is 105 Å². The van der Waals surface area contributed by atoms with Crippen molar-refractivity contribution >= 4 is 28.5 Å². The van der Waals surface area contributed by atoms with E-state index >= 15 is 0 Å². The second-order valence-electron chi connectivity index (χ2n) is 9.82. The lowest BCUT2D eigenvalue weighted by Crippen LogP contribution is -2.42. The molecule has 1 fully saturated rings. The standard InChI is InChI=1S/C29H35ClN2O4/c1-36-24-8-9-27-26(18-24)25(11-13-31-27)28(33)10-7-21-12-15-32(19-22(21)17-29(34)35)14-3-5-20-4-2-6-23(30)16-20/h2,4,6,8-9,11,13,16,18,21-22,28,33H,3,5,7,10,12,14-15,17,19H2,1H3,(H,34,35)/t21-,22+,28+/m1/s1. The molecule has 4 rings (SSSR count). The molecule has 3 atom stereocenters. The van der Waals surface area contributed by atoms with Crippen molar-refractivity contribution in [2.45, 2.75) is 44.6 Å². The maximum absolute atomic E-state index is 11.6. The number of hydrogen-bond donors (Lipinski definition) is 2. The van der Waals surface area contributed by atoms with Crippen LogP contribution in [0.4, 0.5) is 0 Å². The Labute approximate surface area is 217 Å². The molecular formula is C29H35ClN2O4. The normalized spacial score (nSPS) is 19.3. The van der Waals surface area contributed by atoms with Crippen molar-refractivity contribution in [1.82, 2.24) is 9.88 Å². The number of benzene rings is 2. The molecule has 0 spiro atoms. The van der Waals surface area contributed by atoms with Crippen LogP contribution >= 0.6 is 11.6 Å². The van der Waals surface area contributed by atoms with E-state index in [1.165, 1.54) is 5.56 Å². The number of aryl methyl sites for hydroxylation is 1. The van der Waals surface area contributed by atoms with Gasteiger partial charge in [-0.25, -0.2) is 0 Å². The molecule has 192 valence electrons. The highest BCUT2D eigenvalue weighted by Crippen LogP contribution is 2.35. The van der Waals surface area contributed by atoms with Crippen molar-refractivity contribution in [2.24, 2.45) is 11.8 Å². The lowest BCUT2D eigenvalue weighted by atomic mass is 9.79. The van der Waals surface area contributed by atoms with Gasteiger partial charge in [0.2, 0.25) is 0 Å². The lowest BCUT2D eigenvalue weighted by molar-refractivity contribution is -0.139. The molecule has 0 bridgehead atoms. The Balaban J connectivity index is 1.34. The average Bonchev–Trinajstić information content (AvgIpc) is 2.87. The summed E-state index contributed by atoms with van der Waals surface area (Å²) in [5.74, 6) is 0.346. The first-order valence-electron chi connectivity index (χ1n) is 12.7. The number of pyridine rings is 1. The summed E-state index contributed by atoms with van der Waals surface area (Å²) in [6.07, 6.45) is 5.57. The number of aromatic nitrogens is 1. The minimum Gasteiger partial charge on any atom is -0.497 e. The van der Waals surface area contributed by atoms with Crippen LogP contribution in [0.5, 0.6) is 5.75 Å². The first-order valence-corrected chi connectivity index (χ1v) is 13.1. The second kappa shape index (κ2) is 12.5. The Morgan fingerprint density at radius 2 is 2.08 bits per heavy atom. The summed E-state index contributed by atoms with van der Waals surface area (Å²) >= 11 is 6.10. The number of ether oxygens (including phenoxy) is 1. The van der Waals surface area contributed by atoms with Crippen molar-refractivity contribution < 1.29 is 19.7 Å². The number of carboxylic acids is 1. The topological polar surface area (TPSA) is 82.9 Å². The van der Waals surface area contributed by atoms with Gasteiger partial charge in [0.15, 0.2) is 0 Å². The van der Waals surface area contributed by atoms with Gasteiger partial charge in [0.1, 0.15) is 5.75 Å². The van der Waals surface area contributed by atoms with E-state index in [4.69, 9.17) is 16.3 Å². The number of nitrogens with zero attached hydrogens (tertiary/aromatic N) is 2. The molecule has 2 heterocycles. The minimum atomic E-state index is -0.751. The third-order valence-corrected chi connectivity index (χ3v) is 7.63. The van der Waals surface area contributed by atoms with Gasteiger partial charge in [0, 0.05) is 29.6 Å². The van der Waals surface area contributed by atoms with Gasteiger partial charge in [-0.15, -0.1) is 0 Å². The number of piperidine rings is 1. The van der Waals surface area contributed by atoms with Gasteiger partial charge in [-0.2, -0.15) is 0 Å². The lowest BCUT2D eigenvalue weighted by Gasteiger charge is -2.38. The number of carboxylic acid groups (broad SMARTS) is 1. The van der Waals surface area contributed by atoms with Gasteiger partial charge >= 0.3 is 5.97 Å². The number of aliphatic hydroxyl groups excluding tert-OH is 1. The van der Waals surface area contributed by atoms with Crippen molar-refractivity contribution in [2.75, 3.05) is 26.7 Å². The smallest absolute Gasteiger partial charge is 0.303 e. The third-order valence-electron chi connectivity index (χ3n) is 7.39. The predicted molar refractivity (Wildman–Crippen MR) is 143 cm³/mol. The largest absolute Gasteiger partial charge is 0.497 e. The fourth-order valence-corrected chi connectivity index (χ4v) is 5.70. The molecule has 0 aliphatic carbocycles. The molecule has 0 saturated carbocycles. The number of likely N-dealkylation sites (tertiary alicyclic amines) is 1. The summed E-state index contributed by atoms with van der Waals surface area (Å²) < 4.78 is 5.36. The molecule has 1 aliphatic rings. The summed E-state index contributed by atoms with van der Waals surface area (Å²) in [5.41, 5.74) is 2.89. The minimum absolute atomic E-state index is 0.0869. The van der Waals surface area contributed by atoms with Crippen LogP contribution in [0.3, 0.4) is 0 Å². The molecule has 0 unspecified atom stereocenters. The molecule has 1 aromatic heterocycles. The SMILES string of the molecule is COc1ccc2nccc([C@@H](O)CC[C@@H]3CCN(CCCc4cccc(Cl)c4)C[C@@H]3CC(=O)O)c2c1. The average molecular weight is 511 g/mol. The summed E-state index contributed by atoms with van der Waals surface area (Å²) in [4.78, 5) is 18.4. The number of halogens is 1. The Hall–Kier alpha value is -2.67. The summed E-state index contributed by atoms with van der Waals surface area (Å²) in [5, 5.41) is 22.3. The highest BCUT2D eigenvalue weighted by atomic mass is 35.5. The molecule has 2 aromatic carbocycles. The zero-order valence-electron chi connectivity index (χ0n) is 20.8. The maximum atomic E-state index is 11.6. The van der Waals surface area contributed by atoms with E-state index in [2.05, 4.69) is 16.0 Å². The predicted octanol–water partition coefficient (Wildman–Crippen LogP) is 5.76.